The molecule has 0 N–H and O–H groups in total. The van der Waals surface area contributed by atoms with Gasteiger partial charge in [0.15, 0.2) is 0 Å². The molecule has 29 aromatic rings. The molecule has 0 fully saturated rings. The summed E-state index contributed by atoms with van der Waals surface area (Å²) in [6.45, 7) is 0. The highest BCUT2D eigenvalue weighted by atomic mass is 14.3. The highest BCUT2D eigenvalue weighted by Crippen LogP contribution is 2.53. The topological polar surface area (TPSA) is 0 Å². The monoisotopic (exact) mass is 1820 g/mol. The third kappa shape index (κ3) is 14.4. The molecule has 0 nitrogen and oxygen atoms in total. The molecule has 0 heteroatoms. The summed E-state index contributed by atoms with van der Waals surface area (Å²) in [5.41, 5.74) is 27.6. The van der Waals surface area contributed by atoms with E-state index in [-0.39, 0.29) is 0 Å². The maximum absolute atomic E-state index is 2.44. The average molecular weight is 1820 g/mol. The van der Waals surface area contributed by atoms with Gasteiger partial charge >= 0.3 is 0 Å². The zero-order valence-electron chi connectivity index (χ0n) is 79.1. The van der Waals surface area contributed by atoms with Gasteiger partial charge in [0.2, 0.25) is 0 Å². The summed E-state index contributed by atoms with van der Waals surface area (Å²) in [5.74, 6) is 0. The van der Waals surface area contributed by atoms with E-state index in [0.29, 0.717) is 0 Å². The average Bonchev–Trinajstić information content (AvgIpc) is 0.719. The third-order valence-corrected chi connectivity index (χ3v) is 30.1. The first-order valence-corrected chi connectivity index (χ1v) is 50.0. The molecule has 0 bridgehead atoms. The maximum Gasteiger partial charge on any atom is -0.00199 e. The lowest BCUT2D eigenvalue weighted by molar-refractivity contribution is 1.63. The van der Waals surface area contributed by atoms with E-state index in [1.54, 1.807) is 0 Å². The molecule has 0 radical (unpaired) electrons. The number of fused-ring (bicyclic) bond motifs is 20. The van der Waals surface area contributed by atoms with Gasteiger partial charge in [-0.15, -0.1) is 0 Å². The summed E-state index contributed by atoms with van der Waals surface area (Å²) in [4.78, 5) is 0. The molecule has 0 spiro atoms. The minimum atomic E-state index is 1.22. The van der Waals surface area contributed by atoms with Crippen LogP contribution in [0.15, 0.2) is 558 Å². The minimum Gasteiger partial charge on any atom is -0.0622 e. The number of benzene rings is 29. The van der Waals surface area contributed by atoms with Gasteiger partial charge in [-0.3, -0.25) is 0 Å². The van der Waals surface area contributed by atoms with E-state index >= 15 is 0 Å². The molecule has 29 aromatic carbocycles. The molecule has 0 aliphatic heterocycles. The molecule has 668 valence electrons. The summed E-state index contributed by atoms with van der Waals surface area (Å²) >= 11 is 0. The van der Waals surface area contributed by atoms with Gasteiger partial charge < -0.3 is 0 Å². The Bertz CT molecular complexity index is 10000. The lowest BCUT2D eigenvalue weighted by Gasteiger charge is -2.20. The Kier molecular flexibility index (Phi) is 21.1. The molecule has 144 heavy (non-hydrogen) atoms. The number of hydrogen-bond acceptors (Lipinski definition) is 0. The van der Waals surface area contributed by atoms with Gasteiger partial charge in [0.25, 0.3) is 0 Å². The highest BCUT2D eigenvalue weighted by Gasteiger charge is 2.26. The number of hydrogen-bond donors (Lipinski definition) is 0. The van der Waals surface area contributed by atoms with Crippen molar-refractivity contribution in [3.63, 3.8) is 0 Å². The highest BCUT2D eigenvalue weighted by molar-refractivity contribution is 6.34. The van der Waals surface area contributed by atoms with Crippen molar-refractivity contribution >= 4 is 162 Å². The van der Waals surface area contributed by atoms with E-state index in [1.807, 2.05) is 0 Å². The van der Waals surface area contributed by atoms with E-state index in [9.17, 15) is 0 Å². The van der Waals surface area contributed by atoms with Crippen molar-refractivity contribution in [2.24, 2.45) is 0 Å². The van der Waals surface area contributed by atoms with Gasteiger partial charge in [0.1, 0.15) is 0 Å². The van der Waals surface area contributed by atoms with Gasteiger partial charge in [-0.25, -0.2) is 0 Å². The predicted molar refractivity (Wildman–Crippen MR) is 622 cm³/mol. The summed E-state index contributed by atoms with van der Waals surface area (Å²) in [5, 5.41) is 38.3. The molecular formula is C144H92. The van der Waals surface area contributed by atoms with Crippen molar-refractivity contribution in [3.8, 4) is 122 Å². The second kappa shape index (κ2) is 35.9. The van der Waals surface area contributed by atoms with Gasteiger partial charge in [0.05, 0.1) is 0 Å². The first-order valence-electron chi connectivity index (χ1n) is 50.0. The lowest BCUT2D eigenvalue weighted by atomic mass is 9.83. The van der Waals surface area contributed by atoms with E-state index in [0.717, 1.165) is 0 Å². The molecule has 0 unspecified atom stereocenters. The van der Waals surface area contributed by atoms with Crippen LogP contribution in [0.4, 0.5) is 0 Å². The zero-order valence-corrected chi connectivity index (χ0v) is 79.1. The second-order valence-electron chi connectivity index (χ2n) is 38.0. The fourth-order valence-corrected chi connectivity index (χ4v) is 23.9. The Labute approximate surface area is 835 Å². The summed E-state index contributed by atoms with van der Waals surface area (Å²) in [6.07, 6.45) is 0. The largest absolute Gasteiger partial charge is 0.0622 e. The van der Waals surface area contributed by atoms with E-state index < -0.39 is 0 Å². The molecule has 0 aromatic heterocycles. The van der Waals surface area contributed by atoms with Gasteiger partial charge in [-0.1, -0.05) is 528 Å². The molecule has 0 atom stereocenters. The molecule has 0 amide bonds. The molecular weight excluding hydrogens is 1730 g/mol. The summed E-state index contributed by atoms with van der Waals surface area (Å²) in [6, 6.07) is 205. The SMILES string of the molecule is c1ccc(-c2c3ccccc3c(-c3cccc(-c4cc5c6ccccc6c6ccccc6c5c5ccccc45)c3)c3ccccc23)cc1.c1ccc(-c2ccc(-c3c4ccccc4c(-c4cccc(-c5cc6ccccc6c6ccccc56)c4)c4ccccc34)c3ccccc23)cc1.c1ccc(-c2ccc(-c3c4ccccc4c(-c4cccc(-c5cccc6ccccc56)c4)c4ccccc34)c3ccccc23)cc1. The predicted octanol–water partition coefficient (Wildman–Crippen LogP) is 40.7. The van der Waals surface area contributed by atoms with E-state index in [1.165, 1.54) is 284 Å². The van der Waals surface area contributed by atoms with E-state index in [4.69, 9.17) is 0 Å². The first kappa shape index (κ1) is 84.6. The van der Waals surface area contributed by atoms with Crippen LogP contribution in [0, 0.1) is 0 Å². The normalized spacial score (nSPS) is 11.6. The Morgan fingerprint density at radius 2 is 0.285 bits per heavy atom. The lowest BCUT2D eigenvalue weighted by Crippen LogP contribution is -1.93. The van der Waals surface area contributed by atoms with Crippen LogP contribution in [0.2, 0.25) is 0 Å². The Balaban J connectivity index is 0.000000108. The van der Waals surface area contributed by atoms with Crippen molar-refractivity contribution < 1.29 is 0 Å². The molecule has 0 saturated heterocycles. The Morgan fingerprint density at radius 1 is 0.0764 bits per heavy atom. The van der Waals surface area contributed by atoms with Crippen LogP contribution in [0.25, 0.3) is 284 Å². The zero-order chi connectivity index (χ0) is 95.1. The third-order valence-electron chi connectivity index (χ3n) is 30.1. The van der Waals surface area contributed by atoms with Crippen LogP contribution in [0.3, 0.4) is 0 Å². The van der Waals surface area contributed by atoms with Crippen molar-refractivity contribution in [1.82, 2.24) is 0 Å². The second-order valence-corrected chi connectivity index (χ2v) is 38.0. The quantitative estimate of drug-likeness (QED) is 0.0894. The Hall–Kier alpha value is -18.7. The molecule has 0 aliphatic rings. The van der Waals surface area contributed by atoms with Crippen molar-refractivity contribution in [3.05, 3.63) is 558 Å². The molecule has 0 heterocycles. The van der Waals surface area contributed by atoms with Gasteiger partial charge in [0, 0.05) is 0 Å². The summed E-state index contributed by atoms with van der Waals surface area (Å²) < 4.78 is 0. The van der Waals surface area contributed by atoms with Crippen molar-refractivity contribution in [2.45, 2.75) is 0 Å². The van der Waals surface area contributed by atoms with Crippen molar-refractivity contribution in [2.75, 3.05) is 0 Å². The Morgan fingerprint density at radius 3 is 0.674 bits per heavy atom. The minimum absolute atomic E-state index is 1.22. The molecule has 0 saturated carbocycles. The van der Waals surface area contributed by atoms with Gasteiger partial charge in [-0.05, 0) is 314 Å². The number of rotatable bonds is 11. The van der Waals surface area contributed by atoms with Crippen LogP contribution in [0.5, 0.6) is 0 Å². The smallest absolute Gasteiger partial charge is 0.00199 e. The molecule has 0 aliphatic carbocycles. The van der Waals surface area contributed by atoms with Crippen LogP contribution in [-0.4, -0.2) is 0 Å². The molecule has 29 rings (SSSR count). The van der Waals surface area contributed by atoms with Gasteiger partial charge in [-0.2, -0.15) is 0 Å². The fourth-order valence-electron chi connectivity index (χ4n) is 23.9. The van der Waals surface area contributed by atoms with Crippen LogP contribution in [-0.2, 0) is 0 Å². The van der Waals surface area contributed by atoms with Crippen LogP contribution in [0.1, 0.15) is 0 Å². The fraction of sp³-hybridized carbons (Fsp3) is 0. The van der Waals surface area contributed by atoms with Crippen LogP contribution < -0.4 is 0 Å². The summed E-state index contributed by atoms with van der Waals surface area (Å²) in [7, 11) is 0. The first-order chi connectivity index (χ1) is 71.5. The maximum atomic E-state index is 2.44. The van der Waals surface area contributed by atoms with Crippen molar-refractivity contribution in [1.29, 1.82) is 0 Å². The van der Waals surface area contributed by atoms with Crippen LogP contribution >= 0.6 is 0 Å². The van der Waals surface area contributed by atoms with E-state index in [2.05, 4.69) is 558 Å². The standard InChI is InChI=1S/C50H32.C48H30.C46H30/c1-2-15-33(16-3-1)38-29-30-47(41-23-8-6-22-40(38)41)50-45-27-12-10-25-43(45)49(44-26-11-13-28-46(44)50)36-19-14-18-34(31-36)48-32-35-17-4-5-20-37(35)39-21-7-9-24-42(39)48;1-2-15-31(16-3-1)46-40-25-10-12-27-42(40)47(43-28-13-11-26-41(43)46)33-18-14-17-32(29-33)44-30-45-36-21-5-4-19-34(36)35-20-6-8-23-38(35)48(45)39-24-9-7-22-37(39)44;1-2-14-31(15-3-1)37-28-29-44(39-22-7-6-21-38(37)39)46-42-25-10-8-23-40(42)45(41-24-9-11-26-43(41)46)34-19-12-18-33(30-34)36-27-13-17-32-16-4-5-20-35(32)36/h1-32H;1-30H;1-30H.